The lowest BCUT2D eigenvalue weighted by atomic mass is 10.1. The quantitative estimate of drug-likeness (QED) is 0.758. The fourth-order valence-electron chi connectivity index (χ4n) is 1.14. The van der Waals surface area contributed by atoms with Crippen molar-refractivity contribution in [3.63, 3.8) is 0 Å². The molecule has 0 spiro atoms. The van der Waals surface area contributed by atoms with E-state index >= 15 is 0 Å². The molecular formula is C10H17N3O2. The van der Waals surface area contributed by atoms with Crippen LogP contribution in [0.3, 0.4) is 0 Å². The fourth-order valence-corrected chi connectivity index (χ4v) is 1.14. The van der Waals surface area contributed by atoms with Crippen LogP contribution >= 0.6 is 0 Å². The summed E-state index contributed by atoms with van der Waals surface area (Å²) in [5, 5.41) is 12.0. The highest BCUT2D eigenvalue weighted by Gasteiger charge is 2.18. The molecule has 0 atom stereocenters. The van der Waals surface area contributed by atoms with E-state index in [0.29, 0.717) is 6.54 Å². The number of nitrogens with zero attached hydrogens (tertiary/aromatic N) is 2. The molecule has 1 heterocycles. The van der Waals surface area contributed by atoms with Gasteiger partial charge in [0.05, 0.1) is 12.1 Å². The molecule has 0 bridgehead atoms. The van der Waals surface area contributed by atoms with E-state index in [0.717, 1.165) is 0 Å². The predicted molar refractivity (Wildman–Crippen MR) is 59.0 cm³/mol. The third-order valence-electron chi connectivity index (χ3n) is 2.11. The Balaban J connectivity index is 3.01. The number of rotatable bonds is 4. The summed E-state index contributed by atoms with van der Waals surface area (Å²) in [7, 11) is 0. The van der Waals surface area contributed by atoms with Gasteiger partial charge in [-0.1, -0.05) is 0 Å². The van der Waals surface area contributed by atoms with Crippen molar-refractivity contribution in [1.82, 2.24) is 9.55 Å². The summed E-state index contributed by atoms with van der Waals surface area (Å²) in [5.74, 6) is 0.276. The van der Waals surface area contributed by atoms with Crippen molar-refractivity contribution in [2.24, 2.45) is 0 Å². The molecule has 0 aliphatic rings. The zero-order valence-electron chi connectivity index (χ0n) is 9.32. The second kappa shape index (κ2) is 4.44. The molecule has 0 aliphatic heterocycles. The summed E-state index contributed by atoms with van der Waals surface area (Å²) in [5.41, 5.74) is -0.708. The monoisotopic (exact) mass is 211 g/mol. The highest BCUT2D eigenvalue weighted by atomic mass is 16.3. The fraction of sp³-hybridized carbons (Fsp3) is 0.600. The van der Waals surface area contributed by atoms with Gasteiger partial charge in [0.25, 0.3) is 5.56 Å². The number of hydrogen-bond donors (Lipinski definition) is 2. The maximum absolute atomic E-state index is 11.7. The van der Waals surface area contributed by atoms with E-state index in [1.807, 2.05) is 6.92 Å². The van der Waals surface area contributed by atoms with Crippen molar-refractivity contribution in [3.05, 3.63) is 22.7 Å². The molecule has 84 valence electrons. The second-order valence-electron chi connectivity index (χ2n) is 4.03. The van der Waals surface area contributed by atoms with Gasteiger partial charge >= 0.3 is 0 Å². The standard InChI is InChI=1S/C10H17N3O2/c1-4-13-6-5-11-8(9(13)15)12-10(2,3)7-14/h5-6,14H,4,7H2,1-3H3,(H,11,12). The average molecular weight is 211 g/mol. The zero-order valence-corrected chi connectivity index (χ0v) is 9.32. The first-order chi connectivity index (χ1) is 7.00. The third kappa shape index (κ3) is 2.79. The summed E-state index contributed by atoms with van der Waals surface area (Å²) in [4.78, 5) is 15.7. The Morgan fingerprint density at radius 3 is 2.80 bits per heavy atom. The summed E-state index contributed by atoms with van der Waals surface area (Å²) in [6.45, 7) is 6.04. The number of anilines is 1. The first-order valence-corrected chi connectivity index (χ1v) is 4.94. The number of nitrogens with one attached hydrogen (secondary N) is 1. The first kappa shape index (κ1) is 11.7. The van der Waals surface area contributed by atoms with Gasteiger partial charge in [0.15, 0.2) is 5.82 Å². The molecule has 5 heteroatoms. The van der Waals surface area contributed by atoms with Crippen LogP contribution in [-0.4, -0.2) is 26.8 Å². The summed E-state index contributed by atoms with van der Waals surface area (Å²) in [6, 6.07) is 0. The van der Waals surface area contributed by atoms with E-state index in [1.165, 1.54) is 0 Å². The van der Waals surface area contributed by atoms with Crippen LogP contribution in [0.25, 0.3) is 0 Å². The maximum Gasteiger partial charge on any atom is 0.293 e. The summed E-state index contributed by atoms with van der Waals surface area (Å²) < 4.78 is 1.56. The molecule has 0 aromatic carbocycles. The predicted octanol–water partition coefficient (Wildman–Crippen LogP) is 0.446. The van der Waals surface area contributed by atoms with Crippen LogP contribution in [0.2, 0.25) is 0 Å². The minimum absolute atomic E-state index is 0.0604. The molecule has 0 radical (unpaired) electrons. The third-order valence-corrected chi connectivity index (χ3v) is 2.11. The van der Waals surface area contributed by atoms with E-state index in [1.54, 1.807) is 30.8 Å². The van der Waals surface area contributed by atoms with Gasteiger partial charge in [0, 0.05) is 18.9 Å². The lowest BCUT2D eigenvalue weighted by Gasteiger charge is -2.23. The van der Waals surface area contributed by atoms with Gasteiger partial charge < -0.3 is 15.0 Å². The molecule has 0 unspecified atom stereocenters. The number of aliphatic hydroxyl groups excluding tert-OH is 1. The molecule has 1 aromatic rings. The Bertz CT molecular complexity index is 384. The molecule has 1 aromatic heterocycles. The minimum Gasteiger partial charge on any atom is -0.394 e. The van der Waals surface area contributed by atoms with Gasteiger partial charge in [-0.25, -0.2) is 4.98 Å². The average Bonchev–Trinajstić information content (AvgIpc) is 2.21. The maximum atomic E-state index is 11.7. The van der Waals surface area contributed by atoms with Crippen molar-refractivity contribution in [2.45, 2.75) is 32.9 Å². The molecule has 5 nitrogen and oxygen atoms in total. The molecular weight excluding hydrogens is 194 g/mol. The lowest BCUT2D eigenvalue weighted by molar-refractivity contribution is 0.233. The van der Waals surface area contributed by atoms with E-state index < -0.39 is 5.54 Å². The van der Waals surface area contributed by atoms with Crippen LogP contribution < -0.4 is 10.9 Å². The van der Waals surface area contributed by atoms with E-state index in [9.17, 15) is 4.79 Å². The van der Waals surface area contributed by atoms with Gasteiger partial charge in [0.1, 0.15) is 0 Å². The molecule has 0 saturated heterocycles. The number of hydrogen-bond acceptors (Lipinski definition) is 4. The Morgan fingerprint density at radius 2 is 2.27 bits per heavy atom. The summed E-state index contributed by atoms with van der Waals surface area (Å²) >= 11 is 0. The number of aliphatic hydroxyl groups is 1. The van der Waals surface area contributed by atoms with Gasteiger partial charge in [-0.3, -0.25) is 4.79 Å². The van der Waals surface area contributed by atoms with E-state index in [-0.39, 0.29) is 18.0 Å². The Hall–Kier alpha value is -1.36. The van der Waals surface area contributed by atoms with E-state index in [2.05, 4.69) is 10.3 Å². The Morgan fingerprint density at radius 1 is 1.60 bits per heavy atom. The first-order valence-electron chi connectivity index (χ1n) is 4.94. The van der Waals surface area contributed by atoms with Crippen molar-refractivity contribution in [1.29, 1.82) is 0 Å². The topological polar surface area (TPSA) is 67.2 Å². The van der Waals surface area contributed by atoms with Gasteiger partial charge in [-0.15, -0.1) is 0 Å². The summed E-state index contributed by atoms with van der Waals surface area (Å²) in [6.07, 6.45) is 3.21. The number of aromatic nitrogens is 2. The molecule has 0 fully saturated rings. The van der Waals surface area contributed by atoms with Crippen LogP contribution in [0.5, 0.6) is 0 Å². The van der Waals surface area contributed by atoms with Crippen molar-refractivity contribution in [3.8, 4) is 0 Å². The Kier molecular flexibility index (Phi) is 3.47. The SMILES string of the molecule is CCn1ccnc(NC(C)(C)CO)c1=O. The van der Waals surface area contributed by atoms with Gasteiger partial charge in [0.2, 0.25) is 0 Å². The minimum atomic E-state index is -0.543. The zero-order chi connectivity index (χ0) is 11.5. The van der Waals surface area contributed by atoms with Crippen LogP contribution in [0.1, 0.15) is 20.8 Å². The van der Waals surface area contributed by atoms with Crippen LogP contribution in [-0.2, 0) is 6.54 Å². The van der Waals surface area contributed by atoms with Crippen molar-refractivity contribution < 1.29 is 5.11 Å². The smallest absolute Gasteiger partial charge is 0.293 e. The highest BCUT2D eigenvalue weighted by Crippen LogP contribution is 2.07. The highest BCUT2D eigenvalue weighted by molar-refractivity contribution is 5.34. The second-order valence-corrected chi connectivity index (χ2v) is 4.03. The molecule has 0 saturated carbocycles. The van der Waals surface area contributed by atoms with Crippen LogP contribution in [0, 0.1) is 0 Å². The largest absolute Gasteiger partial charge is 0.394 e. The number of aryl methyl sites for hydroxylation is 1. The van der Waals surface area contributed by atoms with Gasteiger partial charge in [-0.05, 0) is 20.8 Å². The van der Waals surface area contributed by atoms with E-state index in [4.69, 9.17) is 5.11 Å². The van der Waals surface area contributed by atoms with Crippen LogP contribution in [0.4, 0.5) is 5.82 Å². The Labute approximate surface area is 88.8 Å². The molecule has 15 heavy (non-hydrogen) atoms. The lowest BCUT2D eigenvalue weighted by Crippen LogP contribution is -2.38. The molecule has 0 amide bonds. The normalized spacial score (nSPS) is 11.5. The molecule has 2 N–H and O–H groups in total. The van der Waals surface area contributed by atoms with Crippen LogP contribution in [0.15, 0.2) is 17.2 Å². The molecule has 1 rings (SSSR count). The molecule has 0 aliphatic carbocycles. The van der Waals surface area contributed by atoms with Crippen molar-refractivity contribution in [2.75, 3.05) is 11.9 Å². The van der Waals surface area contributed by atoms with Gasteiger partial charge in [-0.2, -0.15) is 0 Å². The van der Waals surface area contributed by atoms with Crippen molar-refractivity contribution >= 4 is 5.82 Å².